The predicted molar refractivity (Wildman–Crippen MR) is 49.5 cm³/mol. The second-order valence-corrected chi connectivity index (χ2v) is 4.00. The van der Waals surface area contributed by atoms with E-state index >= 15 is 0 Å². The molecule has 1 aromatic heterocycles. The molecule has 0 radical (unpaired) electrons. The summed E-state index contributed by atoms with van der Waals surface area (Å²) in [5.74, 6) is 1.95. The quantitative estimate of drug-likeness (QED) is 0.647. The number of aromatic amines is 1. The minimum atomic E-state index is -0.0113. The summed E-state index contributed by atoms with van der Waals surface area (Å²) in [6.45, 7) is 1.95. The Balaban J connectivity index is 2.64. The van der Waals surface area contributed by atoms with Crippen molar-refractivity contribution in [1.82, 2.24) is 10.2 Å². The van der Waals surface area contributed by atoms with Crippen molar-refractivity contribution >= 4 is 11.8 Å². The van der Waals surface area contributed by atoms with Gasteiger partial charge in [0.15, 0.2) is 0 Å². The summed E-state index contributed by atoms with van der Waals surface area (Å²) in [6, 6.07) is 0. The number of hydrogen-bond acceptors (Lipinski definition) is 3. The van der Waals surface area contributed by atoms with Gasteiger partial charge >= 0.3 is 0 Å². The second kappa shape index (κ2) is 2.94. The molecule has 0 amide bonds. The zero-order chi connectivity index (χ0) is 8.55. The van der Waals surface area contributed by atoms with Gasteiger partial charge in [-0.15, -0.1) is 0 Å². The van der Waals surface area contributed by atoms with Crippen molar-refractivity contribution < 1.29 is 0 Å². The molecule has 0 fully saturated rings. The third-order valence-corrected chi connectivity index (χ3v) is 3.13. The van der Waals surface area contributed by atoms with Crippen LogP contribution in [0.15, 0.2) is 4.79 Å². The standard InChI is InChI=1S/C8H10N2OS/c1-5-6-2-3-12-4-7(6)8(11)10-9-5/h2-4H2,1H3,(H,10,11). The summed E-state index contributed by atoms with van der Waals surface area (Å²) in [6.07, 6.45) is 0.989. The Kier molecular flexibility index (Phi) is 1.92. The maximum Gasteiger partial charge on any atom is 0.268 e. The third kappa shape index (κ3) is 1.16. The maximum atomic E-state index is 11.3. The van der Waals surface area contributed by atoms with Crippen LogP contribution in [0.4, 0.5) is 0 Å². The molecule has 0 bridgehead atoms. The van der Waals surface area contributed by atoms with E-state index in [2.05, 4.69) is 10.2 Å². The van der Waals surface area contributed by atoms with Gasteiger partial charge in [-0.2, -0.15) is 16.9 Å². The lowest BCUT2D eigenvalue weighted by molar-refractivity contribution is 0.874. The zero-order valence-electron chi connectivity index (χ0n) is 6.89. The van der Waals surface area contributed by atoms with Crippen LogP contribution >= 0.6 is 11.8 Å². The van der Waals surface area contributed by atoms with Crippen molar-refractivity contribution in [3.8, 4) is 0 Å². The van der Waals surface area contributed by atoms with Crippen LogP contribution in [-0.4, -0.2) is 16.0 Å². The number of H-pyrrole nitrogens is 1. The van der Waals surface area contributed by atoms with Crippen molar-refractivity contribution in [3.05, 3.63) is 27.2 Å². The Morgan fingerprint density at radius 2 is 2.33 bits per heavy atom. The second-order valence-electron chi connectivity index (χ2n) is 2.90. The van der Waals surface area contributed by atoms with Gasteiger partial charge in [0.2, 0.25) is 0 Å². The van der Waals surface area contributed by atoms with E-state index in [0.29, 0.717) is 0 Å². The maximum absolute atomic E-state index is 11.3. The van der Waals surface area contributed by atoms with E-state index in [1.807, 2.05) is 18.7 Å². The van der Waals surface area contributed by atoms with Gasteiger partial charge in [0.1, 0.15) is 0 Å². The number of aryl methyl sites for hydroxylation is 1. The Labute approximate surface area is 74.6 Å². The van der Waals surface area contributed by atoms with Crippen molar-refractivity contribution in [2.24, 2.45) is 0 Å². The highest BCUT2D eigenvalue weighted by Crippen LogP contribution is 2.22. The van der Waals surface area contributed by atoms with E-state index in [0.717, 1.165) is 34.7 Å². The third-order valence-electron chi connectivity index (χ3n) is 2.14. The van der Waals surface area contributed by atoms with Crippen LogP contribution in [-0.2, 0) is 12.2 Å². The summed E-state index contributed by atoms with van der Waals surface area (Å²) in [7, 11) is 0. The number of rotatable bonds is 0. The van der Waals surface area contributed by atoms with Gasteiger partial charge in [0.25, 0.3) is 5.56 Å². The van der Waals surface area contributed by atoms with E-state index in [1.54, 1.807) is 0 Å². The minimum absolute atomic E-state index is 0.0113. The molecule has 0 unspecified atom stereocenters. The van der Waals surface area contributed by atoms with E-state index in [1.165, 1.54) is 0 Å². The highest BCUT2D eigenvalue weighted by atomic mass is 32.2. The van der Waals surface area contributed by atoms with Gasteiger partial charge < -0.3 is 0 Å². The normalized spacial score (nSPS) is 15.8. The fourth-order valence-corrected chi connectivity index (χ4v) is 2.46. The molecule has 1 N–H and O–H groups in total. The summed E-state index contributed by atoms with van der Waals surface area (Å²) in [4.78, 5) is 11.3. The molecule has 1 aliphatic heterocycles. The summed E-state index contributed by atoms with van der Waals surface area (Å²) >= 11 is 1.81. The number of fused-ring (bicyclic) bond motifs is 1. The molecule has 0 spiro atoms. The van der Waals surface area contributed by atoms with Gasteiger partial charge in [-0.3, -0.25) is 4.79 Å². The number of thioether (sulfide) groups is 1. The first kappa shape index (κ1) is 7.86. The minimum Gasteiger partial charge on any atom is -0.268 e. The van der Waals surface area contributed by atoms with Crippen molar-refractivity contribution in [2.75, 3.05) is 5.75 Å². The molecule has 0 aromatic carbocycles. The molecule has 0 saturated carbocycles. The SMILES string of the molecule is Cc1n[nH]c(=O)c2c1CCSC2. The molecule has 64 valence electrons. The molecule has 3 nitrogen and oxygen atoms in total. The number of aromatic nitrogens is 2. The van der Waals surface area contributed by atoms with Crippen LogP contribution in [0.1, 0.15) is 16.8 Å². The Hall–Kier alpha value is -0.770. The molecule has 4 heteroatoms. The average Bonchev–Trinajstić information content (AvgIpc) is 2.12. The number of nitrogens with one attached hydrogen (secondary N) is 1. The van der Waals surface area contributed by atoms with Crippen LogP contribution in [0.25, 0.3) is 0 Å². The molecule has 1 aromatic rings. The lowest BCUT2D eigenvalue weighted by Gasteiger charge is -2.14. The van der Waals surface area contributed by atoms with Gasteiger partial charge in [0.05, 0.1) is 5.69 Å². The molecule has 0 saturated heterocycles. The first-order valence-electron chi connectivity index (χ1n) is 3.94. The van der Waals surface area contributed by atoms with Crippen molar-refractivity contribution in [2.45, 2.75) is 19.1 Å². The number of nitrogens with zero attached hydrogens (tertiary/aromatic N) is 1. The van der Waals surface area contributed by atoms with Crippen LogP contribution in [0, 0.1) is 6.92 Å². The van der Waals surface area contributed by atoms with Crippen LogP contribution in [0.5, 0.6) is 0 Å². The van der Waals surface area contributed by atoms with Crippen molar-refractivity contribution in [3.63, 3.8) is 0 Å². The lowest BCUT2D eigenvalue weighted by atomic mass is 10.1. The van der Waals surface area contributed by atoms with E-state index < -0.39 is 0 Å². The Morgan fingerprint density at radius 3 is 3.08 bits per heavy atom. The fourth-order valence-electron chi connectivity index (χ4n) is 1.46. The lowest BCUT2D eigenvalue weighted by Crippen LogP contribution is -2.21. The Morgan fingerprint density at radius 1 is 1.50 bits per heavy atom. The highest BCUT2D eigenvalue weighted by molar-refractivity contribution is 7.98. The van der Waals surface area contributed by atoms with Crippen molar-refractivity contribution in [1.29, 1.82) is 0 Å². The first-order valence-corrected chi connectivity index (χ1v) is 5.09. The highest BCUT2D eigenvalue weighted by Gasteiger charge is 2.15. The largest absolute Gasteiger partial charge is 0.268 e. The molecular weight excluding hydrogens is 172 g/mol. The molecule has 1 aliphatic rings. The molecular formula is C8H10N2OS. The molecule has 0 atom stereocenters. The first-order chi connectivity index (χ1) is 5.79. The van der Waals surface area contributed by atoms with Gasteiger partial charge in [0, 0.05) is 11.3 Å². The molecule has 12 heavy (non-hydrogen) atoms. The smallest absolute Gasteiger partial charge is 0.268 e. The van der Waals surface area contributed by atoms with E-state index in [-0.39, 0.29) is 5.56 Å². The van der Waals surface area contributed by atoms with E-state index in [9.17, 15) is 4.79 Å². The van der Waals surface area contributed by atoms with Crippen LogP contribution in [0.2, 0.25) is 0 Å². The molecule has 2 heterocycles. The van der Waals surface area contributed by atoms with E-state index in [4.69, 9.17) is 0 Å². The van der Waals surface area contributed by atoms with Gasteiger partial charge in [-0.1, -0.05) is 0 Å². The van der Waals surface area contributed by atoms with Crippen LogP contribution in [0.3, 0.4) is 0 Å². The molecule has 2 rings (SSSR count). The topological polar surface area (TPSA) is 45.8 Å². The summed E-state index contributed by atoms with van der Waals surface area (Å²) in [5, 5.41) is 6.45. The zero-order valence-corrected chi connectivity index (χ0v) is 7.70. The Bertz CT molecular complexity index is 359. The predicted octanol–water partition coefficient (Wildman–Crippen LogP) is 0.868. The molecule has 0 aliphatic carbocycles. The average molecular weight is 182 g/mol. The van der Waals surface area contributed by atoms with Gasteiger partial charge in [-0.25, -0.2) is 5.10 Å². The number of hydrogen-bond donors (Lipinski definition) is 1. The summed E-state index contributed by atoms with van der Waals surface area (Å²) in [5.41, 5.74) is 3.06. The summed E-state index contributed by atoms with van der Waals surface area (Å²) < 4.78 is 0. The monoisotopic (exact) mass is 182 g/mol. The fraction of sp³-hybridized carbons (Fsp3) is 0.500. The van der Waals surface area contributed by atoms with Crippen LogP contribution < -0.4 is 5.56 Å². The van der Waals surface area contributed by atoms with Gasteiger partial charge in [-0.05, 0) is 24.7 Å².